The van der Waals surface area contributed by atoms with Crippen molar-refractivity contribution in [3.05, 3.63) is 48.0 Å². The molecule has 2 rings (SSSR count). The van der Waals surface area contributed by atoms with Gasteiger partial charge in [-0.25, -0.2) is 4.98 Å². The molecule has 0 aliphatic carbocycles. The predicted molar refractivity (Wildman–Crippen MR) is 60.9 cm³/mol. The Morgan fingerprint density at radius 1 is 1.38 bits per heavy atom. The number of hydrazine groups is 1. The number of para-hydroxylation sites is 1. The highest BCUT2D eigenvalue weighted by Crippen LogP contribution is 2.11. The van der Waals surface area contributed by atoms with Gasteiger partial charge in [-0.05, 0) is 18.6 Å². The van der Waals surface area contributed by atoms with E-state index in [1.165, 1.54) is 12.5 Å². The summed E-state index contributed by atoms with van der Waals surface area (Å²) in [7, 11) is 0. The molecule has 0 spiro atoms. The van der Waals surface area contributed by atoms with Gasteiger partial charge in [-0.2, -0.15) is 0 Å². The average Bonchev–Trinajstić information content (AvgIpc) is 2.81. The minimum absolute atomic E-state index is 0.249. The van der Waals surface area contributed by atoms with E-state index >= 15 is 0 Å². The first-order chi connectivity index (χ1) is 7.77. The predicted octanol–water partition coefficient (Wildman–Crippen LogP) is 1.48. The number of hydrogen-bond donors (Lipinski definition) is 3. The number of nitrogens with zero attached hydrogens (tertiary/aromatic N) is 1. The summed E-state index contributed by atoms with van der Waals surface area (Å²) in [6, 6.07) is 7.70. The second-order valence-corrected chi connectivity index (χ2v) is 3.36. The molecule has 16 heavy (non-hydrogen) atoms. The van der Waals surface area contributed by atoms with Gasteiger partial charge in [-0.3, -0.25) is 15.6 Å². The van der Waals surface area contributed by atoms with E-state index in [1.54, 1.807) is 0 Å². The van der Waals surface area contributed by atoms with E-state index in [0.29, 0.717) is 5.69 Å². The summed E-state index contributed by atoms with van der Waals surface area (Å²) >= 11 is 0. The Labute approximate surface area is 92.9 Å². The normalized spacial score (nSPS) is 9.81. The molecule has 1 amide bonds. The third-order valence-electron chi connectivity index (χ3n) is 2.20. The van der Waals surface area contributed by atoms with Crippen LogP contribution in [0.5, 0.6) is 0 Å². The lowest BCUT2D eigenvalue weighted by atomic mass is 10.2. The molecule has 1 aromatic carbocycles. The third-order valence-corrected chi connectivity index (χ3v) is 2.20. The van der Waals surface area contributed by atoms with E-state index in [-0.39, 0.29) is 5.91 Å². The number of carbonyl (C=O) groups excluding carboxylic acids is 1. The topological polar surface area (TPSA) is 69.8 Å². The minimum Gasteiger partial charge on any atom is -0.341 e. The maximum atomic E-state index is 11.5. The number of anilines is 1. The molecule has 0 unspecified atom stereocenters. The molecule has 0 aliphatic rings. The zero-order valence-corrected chi connectivity index (χ0v) is 8.82. The fraction of sp³-hybridized carbons (Fsp3) is 0.0909. The third kappa shape index (κ3) is 2.20. The molecule has 82 valence electrons. The van der Waals surface area contributed by atoms with E-state index in [1.807, 2.05) is 31.2 Å². The van der Waals surface area contributed by atoms with Gasteiger partial charge in [0.1, 0.15) is 5.69 Å². The number of hydrogen-bond acceptors (Lipinski definition) is 3. The second kappa shape index (κ2) is 4.48. The van der Waals surface area contributed by atoms with Gasteiger partial charge in [-0.1, -0.05) is 18.2 Å². The van der Waals surface area contributed by atoms with Crippen LogP contribution in [0.1, 0.15) is 16.1 Å². The van der Waals surface area contributed by atoms with Crippen molar-refractivity contribution in [3.8, 4) is 0 Å². The van der Waals surface area contributed by atoms with Gasteiger partial charge in [0.15, 0.2) is 0 Å². The van der Waals surface area contributed by atoms with Crippen LogP contribution >= 0.6 is 0 Å². The highest BCUT2D eigenvalue weighted by molar-refractivity contribution is 5.92. The van der Waals surface area contributed by atoms with Crippen LogP contribution in [-0.4, -0.2) is 15.9 Å². The van der Waals surface area contributed by atoms with Gasteiger partial charge in [0.25, 0.3) is 5.91 Å². The molecule has 1 aromatic heterocycles. The molecule has 5 heteroatoms. The standard InChI is InChI=1S/C11H12N4O/c1-8-4-2-3-5-9(8)14-15-11(16)10-6-12-7-13-10/h2-7,14H,1H3,(H,12,13)(H,15,16). The minimum atomic E-state index is -0.249. The summed E-state index contributed by atoms with van der Waals surface area (Å²) < 4.78 is 0. The van der Waals surface area contributed by atoms with Crippen molar-refractivity contribution in [2.45, 2.75) is 6.92 Å². The van der Waals surface area contributed by atoms with Crippen molar-refractivity contribution >= 4 is 11.6 Å². The van der Waals surface area contributed by atoms with Crippen molar-refractivity contribution in [2.75, 3.05) is 5.43 Å². The molecule has 0 atom stereocenters. The summed E-state index contributed by atoms with van der Waals surface area (Å²) in [5.74, 6) is -0.249. The summed E-state index contributed by atoms with van der Waals surface area (Å²) in [4.78, 5) is 18.0. The summed E-state index contributed by atoms with van der Waals surface area (Å²) in [6.07, 6.45) is 2.93. The van der Waals surface area contributed by atoms with Crippen molar-refractivity contribution in [1.29, 1.82) is 0 Å². The average molecular weight is 216 g/mol. The summed E-state index contributed by atoms with van der Waals surface area (Å²) in [6.45, 7) is 1.96. The Morgan fingerprint density at radius 3 is 2.88 bits per heavy atom. The van der Waals surface area contributed by atoms with Crippen molar-refractivity contribution in [1.82, 2.24) is 15.4 Å². The molecule has 0 saturated carbocycles. The Hall–Kier alpha value is -2.30. The van der Waals surface area contributed by atoms with Gasteiger partial charge in [0.05, 0.1) is 18.2 Å². The van der Waals surface area contributed by atoms with E-state index < -0.39 is 0 Å². The lowest BCUT2D eigenvalue weighted by Gasteiger charge is -2.09. The van der Waals surface area contributed by atoms with Crippen LogP contribution < -0.4 is 10.9 Å². The van der Waals surface area contributed by atoms with E-state index in [2.05, 4.69) is 20.8 Å². The molecule has 0 fully saturated rings. The molecule has 5 nitrogen and oxygen atoms in total. The second-order valence-electron chi connectivity index (χ2n) is 3.36. The molecule has 0 saturated heterocycles. The number of imidazole rings is 1. The first kappa shape index (κ1) is 10.2. The van der Waals surface area contributed by atoms with Gasteiger partial charge in [0, 0.05) is 0 Å². The SMILES string of the molecule is Cc1ccccc1NNC(=O)c1cnc[nH]1. The fourth-order valence-electron chi connectivity index (χ4n) is 1.28. The highest BCUT2D eigenvalue weighted by atomic mass is 16.2. The Morgan fingerprint density at radius 2 is 2.19 bits per heavy atom. The highest BCUT2D eigenvalue weighted by Gasteiger charge is 2.05. The number of aryl methyl sites for hydroxylation is 1. The number of rotatable bonds is 3. The maximum absolute atomic E-state index is 11.5. The van der Waals surface area contributed by atoms with Crippen LogP contribution in [0.3, 0.4) is 0 Å². The molecule has 0 bridgehead atoms. The number of amides is 1. The summed E-state index contributed by atoms with van der Waals surface area (Å²) in [5.41, 5.74) is 7.79. The first-order valence-corrected chi connectivity index (χ1v) is 4.88. The van der Waals surface area contributed by atoms with Crippen molar-refractivity contribution in [2.24, 2.45) is 0 Å². The van der Waals surface area contributed by atoms with Gasteiger partial charge in [-0.15, -0.1) is 0 Å². The van der Waals surface area contributed by atoms with Gasteiger partial charge < -0.3 is 4.98 Å². The van der Waals surface area contributed by atoms with Crippen molar-refractivity contribution in [3.63, 3.8) is 0 Å². The van der Waals surface area contributed by atoms with E-state index in [4.69, 9.17) is 0 Å². The zero-order valence-electron chi connectivity index (χ0n) is 8.82. The number of aromatic amines is 1. The van der Waals surface area contributed by atoms with Crippen LogP contribution in [-0.2, 0) is 0 Å². The zero-order chi connectivity index (χ0) is 11.4. The van der Waals surface area contributed by atoms with Crippen LogP contribution in [0.2, 0.25) is 0 Å². The Kier molecular flexibility index (Phi) is 2.86. The number of aromatic nitrogens is 2. The molecule has 3 N–H and O–H groups in total. The number of nitrogens with one attached hydrogen (secondary N) is 3. The van der Waals surface area contributed by atoms with E-state index in [9.17, 15) is 4.79 Å². The van der Waals surface area contributed by atoms with Crippen LogP contribution in [0, 0.1) is 6.92 Å². The number of benzene rings is 1. The van der Waals surface area contributed by atoms with Gasteiger partial charge >= 0.3 is 0 Å². The monoisotopic (exact) mass is 216 g/mol. The quantitative estimate of drug-likeness (QED) is 0.680. The molecule has 0 aliphatic heterocycles. The molecule has 2 aromatic rings. The van der Waals surface area contributed by atoms with Crippen LogP contribution in [0.25, 0.3) is 0 Å². The Bertz CT molecular complexity index is 478. The van der Waals surface area contributed by atoms with Gasteiger partial charge in [0.2, 0.25) is 0 Å². The van der Waals surface area contributed by atoms with Crippen LogP contribution in [0.15, 0.2) is 36.8 Å². The molecular weight excluding hydrogens is 204 g/mol. The molecule has 1 heterocycles. The van der Waals surface area contributed by atoms with Crippen molar-refractivity contribution < 1.29 is 4.79 Å². The van der Waals surface area contributed by atoms with E-state index in [0.717, 1.165) is 11.3 Å². The Balaban J connectivity index is 1.98. The van der Waals surface area contributed by atoms with Crippen LogP contribution in [0.4, 0.5) is 5.69 Å². The number of carbonyl (C=O) groups is 1. The lowest BCUT2D eigenvalue weighted by molar-refractivity contribution is 0.0958. The molecular formula is C11H12N4O. The smallest absolute Gasteiger partial charge is 0.287 e. The lowest BCUT2D eigenvalue weighted by Crippen LogP contribution is -2.29. The first-order valence-electron chi connectivity index (χ1n) is 4.88. The summed E-state index contributed by atoms with van der Waals surface area (Å²) in [5, 5.41) is 0. The fourth-order valence-corrected chi connectivity index (χ4v) is 1.28. The molecule has 0 radical (unpaired) electrons. The maximum Gasteiger partial charge on any atom is 0.287 e. The number of H-pyrrole nitrogens is 1. The largest absolute Gasteiger partial charge is 0.341 e.